The van der Waals surface area contributed by atoms with E-state index in [4.69, 9.17) is 0 Å². The van der Waals surface area contributed by atoms with Gasteiger partial charge in [-0.1, -0.05) is 61.5 Å². The van der Waals surface area contributed by atoms with Gasteiger partial charge in [-0.25, -0.2) is 0 Å². The Morgan fingerprint density at radius 2 is 1.48 bits per heavy atom. The van der Waals surface area contributed by atoms with E-state index < -0.39 is 0 Å². The van der Waals surface area contributed by atoms with Crippen molar-refractivity contribution in [3.05, 3.63) is 89.7 Å². The predicted octanol–water partition coefficient (Wildman–Crippen LogP) is 5.21. The van der Waals surface area contributed by atoms with Gasteiger partial charge in [0.05, 0.1) is 0 Å². The average molecular weight is 273 g/mol. The molecule has 0 spiro atoms. The fourth-order valence-corrected chi connectivity index (χ4v) is 2.74. The number of aromatic nitrogens is 1. The Kier molecular flexibility index (Phi) is 3.83. The van der Waals surface area contributed by atoms with Gasteiger partial charge in [0.2, 0.25) is 0 Å². The van der Waals surface area contributed by atoms with E-state index in [0.717, 1.165) is 0 Å². The summed E-state index contributed by atoms with van der Waals surface area (Å²) in [5.74, 6) is 0.387. The van der Waals surface area contributed by atoms with Crippen LogP contribution in [0.15, 0.2) is 73.1 Å². The molecule has 2 aromatic carbocycles. The van der Waals surface area contributed by atoms with Crippen molar-refractivity contribution in [2.75, 3.05) is 0 Å². The normalized spacial score (nSPS) is 12.1. The highest BCUT2D eigenvalue weighted by atomic mass is 14.6. The first-order chi connectivity index (χ1) is 10.3. The lowest BCUT2D eigenvalue weighted by Crippen LogP contribution is -1.99. The third kappa shape index (κ3) is 2.87. The topological polar surface area (TPSA) is 12.9 Å². The molecular weight excluding hydrogens is 254 g/mol. The summed E-state index contributed by atoms with van der Waals surface area (Å²) < 4.78 is 0. The van der Waals surface area contributed by atoms with Crippen LogP contribution < -0.4 is 0 Å². The van der Waals surface area contributed by atoms with E-state index in [1.165, 1.54) is 27.8 Å². The zero-order valence-electron chi connectivity index (χ0n) is 12.5. The summed E-state index contributed by atoms with van der Waals surface area (Å²) in [4.78, 5) is 4.17. The molecule has 1 atom stereocenters. The number of nitrogens with zero attached hydrogens (tertiary/aromatic N) is 1. The molecule has 0 saturated heterocycles. The molecule has 0 aliphatic heterocycles. The second-order valence-electron chi connectivity index (χ2n) is 5.44. The molecule has 0 radical (unpaired) electrons. The van der Waals surface area contributed by atoms with Crippen LogP contribution in [-0.2, 0) is 0 Å². The number of aryl methyl sites for hydroxylation is 1. The molecule has 0 bridgehead atoms. The molecule has 3 rings (SSSR count). The fourth-order valence-electron chi connectivity index (χ4n) is 2.74. The average Bonchev–Trinajstić information content (AvgIpc) is 2.56. The third-order valence-corrected chi connectivity index (χ3v) is 4.05. The van der Waals surface area contributed by atoms with Gasteiger partial charge in [-0.2, -0.15) is 0 Å². The first-order valence-electron chi connectivity index (χ1n) is 7.31. The fraction of sp³-hybridized carbons (Fsp3) is 0.150. The largest absolute Gasteiger partial charge is 0.264 e. The van der Waals surface area contributed by atoms with Crippen molar-refractivity contribution in [3.63, 3.8) is 0 Å². The van der Waals surface area contributed by atoms with Gasteiger partial charge in [0.15, 0.2) is 0 Å². The molecule has 0 amide bonds. The van der Waals surface area contributed by atoms with Crippen LogP contribution in [0.5, 0.6) is 0 Å². The molecule has 1 unspecified atom stereocenters. The summed E-state index contributed by atoms with van der Waals surface area (Å²) in [6.07, 6.45) is 3.81. The van der Waals surface area contributed by atoms with Crippen molar-refractivity contribution in [1.29, 1.82) is 0 Å². The predicted molar refractivity (Wildman–Crippen MR) is 88.4 cm³/mol. The number of rotatable bonds is 3. The summed E-state index contributed by atoms with van der Waals surface area (Å²) in [5, 5.41) is 0. The van der Waals surface area contributed by atoms with Gasteiger partial charge < -0.3 is 0 Å². The van der Waals surface area contributed by atoms with Gasteiger partial charge in [0.1, 0.15) is 0 Å². The highest BCUT2D eigenvalue weighted by Gasteiger charge is 2.10. The maximum absolute atomic E-state index is 4.17. The SMILES string of the molecule is Cc1cnccc1C(C)c1ccc(-c2ccccc2)cc1. The highest BCUT2D eigenvalue weighted by molar-refractivity contribution is 5.63. The minimum absolute atomic E-state index is 0.387. The molecule has 0 aliphatic carbocycles. The van der Waals surface area contributed by atoms with Gasteiger partial charge in [-0.15, -0.1) is 0 Å². The van der Waals surface area contributed by atoms with Crippen molar-refractivity contribution >= 4 is 0 Å². The van der Waals surface area contributed by atoms with Crippen LogP contribution in [0.4, 0.5) is 0 Å². The van der Waals surface area contributed by atoms with Crippen molar-refractivity contribution in [2.45, 2.75) is 19.8 Å². The van der Waals surface area contributed by atoms with Crippen LogP contribution in [0.25, 0.3) is 11.1 Å². The van der Waals surface area contributed by atoms with E-state index >= 15 is 0 Å². The number of benzene rings is 2. The quantitative estimate of drug-likeness (QED) is 0.638. The van der Waals surface area contributed by atoms with Crippen LogP contribution >= 0.6 is 0 Å². The first-order valence-corrected chi connectivity index (χ1v) is 7.31. The van der Waals surface area contributed by atoms with Crippen LogP contribution in [0.3, 0.4) is 0 Å². The van der Waals surface area contributed by atoms with Crippen molar-refractivity contribution in [2.24, 2.45) is 0 Å². The second kappa shape index (κ2) is 5.92. The second-order valence-corrected chi connectivity index (χ2v) is 5.44. The van der Waals surface area contributed by atoms with Gasteiger partial charge in [0, 0.05) is 18.3 Å². The van der Waals surface area contributed by atoms with E-state index in [0.29, 0.717) is 5.92 Å². The van der Waals surface area contributed by atoms with Gasteiger partial charge >= 0.3 is 0 Å². The Balaban J connectivity index is 1.89. The molecule has 1 heteroatoms. The van der Waals surface area contributed by atoms with Crippen molar-refractivity contribution < 1.29 is 0 Å². The molecule has 1 aromatic heterocycles. The number of hydrogen-bond acceptors (Lipinski definition) is 1. The Labute approximate surface area is 126 Å². The summed E-state index contributed by atoms with van der Waals surface area (Å²) >= 11 is 0. The molecule has 0 N–H and O–H groups in total. The Morgan fingerprint density at radius 3 is 2.14 bits per heavy atom. The first kappa shape index (κ1) is 13.6. The van der Waals surface area contributed by atoms with E-state index in [1.807, 2.05) is 18.5 Å². The van der Waals surface area contributed by atoms with Gasteiger partial charge in [-0.05, 0) is 40.8 Å². The lowest BCUT2D eigenvalue weighted by atomic mass is 9.90. The van der Waals surface area contributed by atoms with Gasteiger partial charge in [0.25, 0.3) is 0 Å². The Hall–Kier alpha value is -2.41. The molecule has 21 heavy (non-hydrogen) atoms. The summed E-state index contributed by atoms with van der Waals surface area (Å²) in [6, 6.07) is 21.5. The molecule has 3 aromatic rings. The summed E-state index contributed by atoms with van der Waals surface area (Å²) in [7, 11) is 0. The van der Waals surface area contributed by atoms with Crippen LogP contribution in [0.2, 0.25) is 0 Å². The molecule has 1 nitrogen and oxygen atoms in total. The molecule has 104 valence electrons. The maximum atomic E-state index is 4.17. The minimum Gasteiger partial charge on any atom is -0.264 e. The number of pyridine rings is 1. The maximum Gasteiger partial charge on any atom is 0.0300 e. The lowest BCUT2D eigenvalue weighted by molar-refractivity contribution is 0.904. The van der Waals surface area contributed by atoms with E-state index in [1.54, 1.807) is 0 Å². The van der Waals surface area contributed by atoms with Crippen LogP contribution in [0, 0.1) is 6.92 Å². The van der Waals surface area contributed by atoms with Crippen molar-refractivity contribution in [1.82, 2.24) is 4.98 Å². The molecular formula is C20H19N. The van der Waals surface area contributed by atoms with Gasteiger partial charge in [-0.3, -0.25) is 4.98 Å². The van der Waals surface area contributed by atoms with E-state index in [9.17, 15) is 0 Å². The molecule has 1 heterocycles. The Morgan fingerprint density at radius 1 is 0.810 bits per heavy atom. The van der Waals surface area contributed by atoms with Crippen LogP contribution in [-0.4, -0.2) is 4.98 Å². The Bertz CT molecular complexity index is 714. The molecule has 0 saturated carbocycles. The van der Waals surface area contributed by atoms with E-state index in [2.05, 4.69) is 73.4 Å². The standard InChI is InChI=1S/C20H19N/c1-15-14-21-13-12-20(15)16(2)17-8-10-19(11-9-17)18-6-4-3-5-7-18/h3-14,16H,1-2H3. The smallest absolute Gasteiger partial charge is 0.0300 e. The zero-order valence-corrected chi connectivity index (χ0v) is 12.5. The monoisotopic (exact) mass is 273 g/mol. The van der Waals surface area contributed by atoms with Crippen LogP contribution in [0.1, 0.15) is 29.5 Å². The lowest BCUT2D eigenvalue weighted by Gasteiger charge is -2.15. The summed E-state index contributed by atoms with van der Waals surface area (Å²) in [5.41, 5.74) is 6.45. The minimum atomic E-state index is 0.387. The van der Waals surface area contributed by atoms with Crippen molar-refractivity contribution in [3.8, 4) is 11.1 Å². The number of hydrogen-bond donors (Lipinski definition) is 0. The zero-order chi connectivity index (χ0) is 14.7. The molecule has 0 aliphatic rings. The van der Waals surface area contributed by atoms with E-state index in [-0.39, 0.29) is 0 Å². The third-order valence-electron chi connectivity index (χ3n) is 4.05. The summed E-state index contributed by atoms with van der Waals surface area (Å²) in [6.45, 7) is 4.37. The molecule has 0 fully saturated rings. The highest BCUT2D eigenvalue weighted by Crippen LogP contribution is 2.28.